The Bertz CT molecular complexity index is 591. The summed E-state index contributed by atoms with van der Waals surface area (Å²) in [4.78, 5) is 22.3. The van der Waals surface area contributed by atoms with Gasteiger partial charge in [0.15, 0.2) is 0 Å². The molecular weight excluding hydrogens is 268 g/mol. The van der Waals surface area contributed by atoms with Crippen LogP contribution in [0.3, 0.4) is 0 Å². The van der Waals surface area contributed by atoms with E-state index in [1.54, 1.807) is 0 Å². The molecule has 3 N–H and O–H groups in total. The SMILES string of the molecule is CC(=O)NCCNC(=O)Nc1ccc(-n2cccc2)cc1. The minimum atomic E-state index is -0.297. The zero-order valence-electron chi connectivity index (χ0n) is 11.8. The molecule has 1 aromatic heterocycles. The smallest absolute Gasteiger partial charge is 0.319 e. The van der Waals surface area contributed by atoms with E-state index >= 15 is 0 Å². The summed E-state index contributed by atoms with van der Waals surface area (Å²) in [6.07, 6.45) is 3.91. The summed E-state index contributed by atoms with van der Waals surface area (Å²) in [5, 5.41) is 7.99. The second kappa shape index (κ2) is 7.14. The Labute approximate surface area is 123 Å². The molecule has 110 valence electrons. The van der Waals surface area contributed by atoms with Gasteiger partial charge in [-0.25, -0.2) is 4.79 Å². The lowest BCUT2D eigenvalue weighted by atomic mass is 10.3. The second-order valence-electron chi connectivity index (χ2n) is 4.50. The van der Waals surface area contributed by atoms with E-state index in [1.165, 1.54) is 6.92 Å². The highest BCUT2D eigenvalue weighted by Gasteiger charge is 2.01. The van der Waals surface area contributed by atoms with E-state index < -0.39 is 0 Å². The van der Waals surface area contributed by atoms with Gasteiger partial charge < -0.3 is 20.5 Å². The standard InChI is InChI=1S/C15H18N4O2/c1-12(20)16-8-9-17-15(21)18-13-4-6-14(7-5-13)19-10-2-3-11-19/h2-7,10-11H,8-9H2,1H3,(H,16,20)(H2,17,18,21). The van der Waals surface area contributed by atoms with Crippen molar-refractivity contribution in [2.75, 3.05) is 18.4 Å². The summed E-state index contributed by atoms with van der Waals surface area (Å²) in [6.45, 7) is 2.23. The van der Waals surface area contributed by atoms with E-state index in [1.807, 2.05) is 53.4 Å². The van der Waals surface area contributed by atoms with E-state index in [0.717, 1.165) is 5.69 Å². The van der Waals surface area contributed by atoms with Crippen LogP contribution in [0.2, 0.25) is 0 Å². The van der Waals surface area contributed by atoms with Crippen LogP contribution in [0.15, 0.2) is 48.8 Å². The molecule has 0 bridgehead atoms. The first-order valence-corrected chi connectivity index (χ1v) is 6.68. The van der Waals surface area contributed by atoms with Gasteiger partial charge in [-0.05, 0) is 36.4 Å². The third kappa shape index (κ3) is 4.68. The fourth-order valence-electron chi connectivity index (χ4n) is 1.81. The van der Waals surface area contributed by atoms with E-state index in [4.69, 9.17) is 0 Å². The molecule has 0 aliphatic heterocycles. The van der Waals surface area contributed by atoms with Crippen molar-refractivity contribution in [2.45, 2.75) is 6.92 Å². The summed E-state index contributed by atoms with van der Waals surface area (Å²) < 4.78 is 1.98. The van der Waals surface area contributed by atoms with Crippen molar-refractivity contribution in [3.8, 4) is 5.69 Å². The zero-order valence-corrected chi connectivity index (χ0v) is 11.8. The number of rotatable bonds is 5. The molecule has 0 atom stereocenters. The summed E-state index contributed by atoms with van der Waals surface area (Å²) in [6, 6.07) is 11.1. The summed E-state index contributed by atoms with van der Waals surface area (Å²) in [5.41, 5.74) is 1.74. The highest BCUT2D eigenvalue weighted by Crippen LogP contribution is 2.13. The number of nitrogens with one attached hydrogen (secondary N) is 3. The van der Waals surface area contributed by atoms with Gasteiger partial charge in [-0.1, -0.05) is 0 Å². The van der Waals surface area contributed by atoms with Crippen LogP contribution in [-0.2, 0) is 4.79 Å². The minimum absolute atomic E-state index is 0.113. The monoisotopic (exact) mass is 286 g/mol. The van der Waals surface area contributed by atoms with Crippen LogP contribution >= 0.6 is 0 Å². The predicted molar refractivity (Wildman–Crippen MR) is 81.5 cm³/mol. The molecule has 0 saturated heterocycles. The first-order valence-electron chi connectivity index (χ1n) is 6.68. The topological polar surface area (TPSA) is 75.2 Å². The van der Waals surface area contributed by atoms with Crippen LogP contribution in [0.1, 0.15) is 6.92 Å². The molecule has 0 aliphatic rings. The lowest BCUT2D eigenvalue weighted by Crippen LogP contribution is -2.36. The van der Waals surface area contributed by atoms with Gasteiger partial charge in [0.2, 0.25) is 5.91 Å². The number of carbonyl (C=O) groups is 2. The lowest BCUT2D eigenvalue weighted by molar-refractivity contribution is -0.118. The molecule has 0 unspecified atom stereocenters. The molecule has 0 aliphatic carbocycles. The summed E-state index contributed by atoms with van der Waals surface area (Å²) >= 11 is 0. The Morgan fingerprint density at radius 2 is 1.62 bits per heavy atom. The summed E-state index contributed by atoms with van der Waals surface area (Å²) in [5.74, 6) is -0.113. The molecule has 0 fully saturated rings. The number of hydrogen-bond acceptors (Lipinski definition) is 2. The molecule has 6 nitrogen and oxygen atoms in total. The van der Waals surface area contributed by atoms with Crippen molar-refractivity contribution < 1.29 is 9.59 Å². The van der Waals surface area contributed by atoms with Crippen LogP contribution in [0.25, 0.3) is 5.69 Å². The molecule has 6 heteroatoms. The normalized spacial score (nSPS) is 9.95. The number of amides is 3. The highest BCUT2D eigenvalue weighted by molar-refractivity contribution is 5.89. The number of benzene rings is 1. The number of nitrogens with zero attached hydrogens (tertiary/aromatic N) is 1. The van der Waals surface area contributed by atoms with Crippen molar-refractivity contribution in [3.05, 3.63) is 48.8 Å². The number of aromatic nitrogens is 1. The molecule has 2 rings (SSSR count). The van der Waals surface area contributed by atoms with E-state index in [0.29, 0.717) is 18.8 Å². The fourth-order valence-corrected chi connectivity index (χ4v) is 1.81. The summed E-state index contributed by atoms with van der Waals surface area (Å²) in [7, 11) is 0. The molecule has 1 heterocycles. The quantitative estimate of drug-likeness (QED) is 0.732. The first kappa shape index (κ1) is 14.6. The maximum atomic E-state index is 11.6. The largest absolute Gasteiger partial charge is 0.355 e. The Hall–Kier alpha value is -2.76. The number of hydrogen-bond donors (Lipinski definition) is 3. The molecule has 21 heavy (non-hydrogen) atoms. The third-order valence-corrected chi connectivity index (χ3v) is 2.81. The maximum absolute atomic E-state index is 11.6. The van der Waals surface area contributed by atoms with Gasteiger partial charge >= 0.3 is 6.03 Å². The van der Waals surface area contributed by atoms with Crippen molar-refractivity contribution in [2.24, 2.45) is 0 Å². The maximum Gasteiger partial charge on any atom is 0.319 e. The van der Waals surface area contributed by atoms with Gasteiger partial charge in [0.25, 0.3) is 0 Å². The van der Waals surface area contributed by atoms with Crippen LogP contribution in [0.4, 0.5) is 10.5 Å². The van der Waals surface area contributed by atoms with Crippen LogP contribution in [0, 0.1) is 0 Å². The Morgan fingerprint density at radius 1 is 1.00 bits per heavy atom. The van der Waals surface area contributed by atoms with Gasteiger partial charge in [-0.3, -0.25) is 4.79 Å². The van der Waals surface area contributed by atoms with E-state index in [9.17, 15) is 9.59 Å². The Balaban J connectivity index is 1.80. The molecule has 0 spiro atoms. The van der Waals surface area contributed by atoms with Gasteiger partial charge in [-0.15, -0.1) is 0 Å². The van der Waals surface area contributed by atoms with Crippen molar-refractivity contribution in [1.29, 1.82) is 0 Å². The zero-order chi connectivity index (χ0) is 15.1. The average Bonchev–Trinajstić information content (AvgIpc) is 2.98. The van der Waals surface area contributed by atoms with E-state index in [2.05, 4.69) is 16.0 Å². The Kier molecular flexibility index (Phi) is 4.98. The molecule has 0 radical (unpaired) electrons. The first-order chi connectivity index (χ1) is 10.1. The number of carbonyl (C=O) groups excluding carboxylic acids is 2. The lowest BCUT2D eigenvalue weighted by Gasteiger charge is -2.09. The minimum Gasteiger partial charge on any atom is -0.355 e. The molecule has 3 amide bonds. The van der Waals surface area contributed by atoms with Crippen molar-refractivity contribution >= 4 is 17.6 Å². The molecule has 0 saturated carbocycles. The second-order valence-corrected chi connectivity index (χ2v) is 4.50. The van der Waals surface area contributed by atoms with Crippen molar-refractivity contribution in [3.63, 3.8) is 0 Å². The Morgan fingerprint density at radius 3 is 2.24 bits per heavy atom. The van der Waals surface area contributed by atoms with Gasteiger partial charge in [0.1, 0.15) is 0 Å². The number of urea groups is 1. The van der Waals surface area contributed by atoms with Gasteiger partial charge in [-0.2, -0.15) is 0 Å². The van der Waals surface area contributed by atoms with Gasteiger partial charge in [0, 0.05) is 43.8 Å². The van der Waals surface area contributed by atoms with Gasteiger partial charge in [0.05, 0.1) is 0 Å². The average molecular weight is 286 g/mol. The molecule has 1 aromatic carbocycles. The van der Waals surface area contributed by atoms with E-state index in [-0.39, 0.29) is 11.9 Å². The van der Waals surface area contributed by atoms with Crippen LogP contribution in [-0.4, -0.2) is 29.6 Å². The van der Waals surface area contributed by atoms with Crippen molar-refractivity contribution in [1.82, 2.24) is 15.2 Å². The van der Waals surface area contributed by atoms with Crippen LogP contribution < -0.4 is 16.0 Å². The van der Waals surface area contributed by atoms with Crippen LogP contribution in [0.5, 0.6) is 0 Å². The predicted octanol–water partition coefficient (Wildman–Crippen LogP) is 1.73. The highest BCUT2D eigenvalue weighted by atomic mass is 16.2. The molecular formula is C15H18N4O2. The fraction of sp³-hybridized carbons (Fsp3) is 0.200. The third-order valence-electron chi connectivity index (χ3n) is 2.81. The number of anilines is 1. The molecule has 2 aromatic rings.